The highest BCUT2D eigenvalue weighted by molar-refractivity contribution is 5.42. The molecule has 0 radical (unpaired) electrons. The molecule has 1 rings (SSSR count). The van der Waals surface area contributed by atoms with Gasteiger partial charge in [-0.25, -0.2) is 0 Å². The van der Waals surface area contributed by atoms with Gasteiger partial charge in [0.25, 0.3) is 0 Å². The molecule has 0 aliphatic heterocycles. The number of carbonyl (C=O) groups excluding carboxylic acids is 1. The number of hydrogen-bond donors (Lipinski definition) is 1. The Balaban J connectivity index is 0.000000292. The van der Waals surface area contributed by atoms with Crippen LogP contribution in [-0.2, 0) is 4.79 Å². The van der Waals surface area contributed by atoms with Crippen molar-refractivity contribution in [2.24, 2.45) is 5.73 Å². The minimum atomic E-state index is 0.250. The van der Waals surface area contributed by atoms with Gasteiger partial charge in [-0.3, -0.25) is 4.79 Å². The lowest BCUT2D eigenvalue weighted by Gasteiger charge is -2.12. The molecule has 1 amide bonds. The molecule has 1 aliphatic carbocycles. The van der Waals surface area contributed by atoms with Crippen molar-refractivity contribution in [2.75, 3.05) is 0 Å². The quantitative estimate of drug-likeness (QED) is 0.422. The maximum absolute atomic E-state index is 8.58. The highest BCUT2D eigenvalue weighted by Gasteiger charge is 2.02. The van der Waals surface area contributed by atoms with Gasteiger partial charge >= 0.3 is 0 Å². The van der Waals surface area contributed by atoms with Crippen LogP contribution in [0.5, 0.6) is 0 Å². The standard InChI is InChI=1S/C8H14.CH3NO/c1-7-5-3-4-6-8(7)2;2-1-3/h3-6H2,1-2H3;1H,(H2,2,3). The zero-order valence-corrected chi connectivity index (χ0v) is 7.39. The lowest BCUT2D eigenvalue weighted by molar-refractivity contribution is -0.106. The van der Waals surface area contributed by atoms with Crippen molar-refractivity contribution in [3.8, 4) is 0 Å². The monoisotopic (exact) mass is 155 g/mol. The molecular weight excluding hydrogens is 138 g/mol. The molecule has 0 atom stereocenters. The van der Waals surface area contributed by atoms with E-state index in [2.05, 4.69) is 19.6 Å². The van der Waals surface area contributed by atoms with Crippen molar-refractivity contribution in [1.82, 2.24) is 0 Å². The first-order valence-corrected chi connectivity index (χ1v) is 4.03. The van der Waals surface area contributed by atoms with E-state index in [1.165, 1.54) is 25.7 Å². The summed E-state index contributed by atoms with van der Waals surface area (Å²) in [6.45, 7) is 4.52. The summed E-state index contributed by atoms with van der Waals surface area (Å²) in [4.78, 5) is 8.58. The van der Waals surface area contributed by atoms with E-state index in [-0.39, 0.29) is 6.41 Å². The van der Waals surface area contributed by atoms with Crippen molar-refractivity contribution < 1.29 is 4.79 Å². The Kier molecular flexibility index (Phi) is 5.53. The van der Waals surface area contributed by atoms with Crippen LogP contribution < -0.4 is 5.73 Å². The van der Waals surface area contributed by atoms with Crippen LogP contribution in [0.4, 0.5) is 0 Å². The Morgan fingerprint density at radius 2 is 1.45 bits per heavy atom. The van der Waals surface area contributed by atoms with E-state index < -0.39 is 0 Å². The van der Waals surface area contributed by atoms with Crippen LogP contribution in [0.2, 0.25) is 0 Å². The Morgan fingerprint density at radius 3 is 1.64 bits per heavy atom. The summed E-state index contributed by atoms with van der Waals surface area (Å²) in [6, 6.07) is 0. The molecule has 2 heteroatoms. The number of nitrogens with two attached hydrogens (primary N) is 1. The third-order valence-electron chi connectivity index (χ3n) is 2.08. The first-order valence-electron chi connectivity index (χ1n) is 4.03. The molecule has 1 aliphatic rings. The molecule has 2 nitrogen and oxygen atoms in total. The first kappa shape index (κ1) is 10.2. The van der Waals surface area contributed by atoms with Gasteiger partial charge in [0.05, 0.1) is 0 Å². The lowest BCUT2D eigenvalue weighted by Crippen LogP contribution is -1.92. The molecular formula is C9H17NO. The smallest absolute Gasteiger partial charge is 0.204 e. The van der Waals surface area contributed by atoms with Crippen LogP contribution in [0.3, 0.4) is 0 Å². The molecule has 0 heterocycles. The van der Waals surface area contributed by atoms with Gasteiger partial charge in [0.1, 0.15) is 0 Å². The minimum absolute atomic E-state index is 0.250. The van der Waals surface area contributed by atoms with E-state index in [4.69, 9.17) is 4.79 Å². The number of primary amides is 1. The SMILES string of the molecule is CC1=C(C)CCCC1.NC=O. The summed E-state index contributed by atoms with van der Waals surface area (Å²) in [5, 5.41) is 0. The maximum Gasteiger partial charge on any atom is 0.204 e. The van der Waals surface area contributed by atoms with Crippen molar-refractivity contribution >= 4 is 6.41 Å². The Hall–Kier alpha value is -0.790. The zero-order chi connectivity index (χ0) is 8.69. The van der Waals surface area contributed by atoms with Gasteiger partial charge in [0, 0.05) is 0 Å². The normalized spacial score (nSPS) is 16.9. The van der Waals surface area contributed by atoms with Crippen LogP contribution in [0, 0.1) is 0 Å². The van der Waals surface area contributed by atoms with Crippen molar-refractivity contribution in [2.45, 2.75) is 39.5 Å². The largest absolute Gasteiger partial charge is 0.372 e. The van der Waals surface area contributed by atoms with Gasteiger partial charge in [-0.2, -0.15) is 0 Å². The van der Waals surface area contributed by atoms with Gasteiger partial charge in [0.15, 0.2) is 0 Å². The molecule has 0 unspecified atom stereocenters. The average molecular weight is 155 g/mol. The molecule has 0 aromatic carbocycles. The van der Waals surface area contributed by atoms with Gasteiger partial charge < -0.3 is 5.73 Å². The number of rotatable bonds is 0. The molecule has 2 N–H and O–H groups in total. The van der Waals surface area contributed by atoms with Crippen LogP contribution in [0.25, 0.3) is 0 Å². The molecule has 0 fully saturated rings. The summed E-state index contributed by atoms with van der Waals surface area (Å²) < 4.78 is 0. The lowest BCUT2D eigenvalue weighted by atomic mass is 9.94. The molecule has 0 saturated carbocycles. The number of amides is 1. The highest BCUT2D eigenvalue weighted by Crippen LogP contribution is 2.22. The zero-order valence-electron chi connectivity index (χ0n) is 7.39. The Bertz CT molecular complexity index is 136. The van der Waals surface area contributed by atoms with E-state index in [1.54, 1.807) is 11.1 Å². The molecule has 0 aromatic heterocycles. The summed E-state index contributed by atoms with van der Waals surface area (Å²) in [6.07, 6.45) is 5.80. The van der Waals surface area contributed by atoms with E-state index in [0.717, 1.165) is 0 Å². The van der Waals surface area contributed by atoms with Gasteiger partial charge in [0.2, 0.25) is 6.41 Å². The predicted octanol–water partition coefficient (Wildman–Crippen LogP) is 2.00. The van der Waals surface area contributed by atoms with Crippen LogP contribution in [0.1, 0.15) is 39.5 Å². The predicted molar refractivity (Wildman–Crippen MR) is 47.1 cm³/mol. The van der Waals surface area contributed by atoms with Crippen LogP contribution in [-0.4, -0.2) is 6.41 Å². The summed E-state index contributed by atoms with van der Waals surface area (Å²) in [7, 11) is 0. The van der Waals surface area contributed by atoms with Crippen molar-refractivity contribution in [3.63, 3.8) is 0 Å². The van der Waals surface area contributed by atoms with Gasteiger partial charge in [-0.1, -0.05) is 11.1 Å². The fourth-order valence-electron chi connectivity index (χ4n) is 1.21. The maximum atomic E-state index is 8.58. The van der Waals surface area contributed by atoms with Gasteiger partial charge in [-0.05, 0) is 39.5 Å². The topological polar surface area (TPSA) is 43.1 Å². The molecule has 0 aromatic rings. The Labute approximate surface area is 68.5 Å². The summed E-state index contributed by atoms with van der Waals surface area (Å²) in [5.41, 5.74) is 7.44. The first-order chi connectivity index (χ1) is 5.22. The molecule has 0 spiro atoms. The van der Waals surface area contributed by atoms with Crippen molar-refractivity contribution in [1.29, 1.82) is 0 Å². The van der Waals surface area contributed by atoms with Crippen molar-refractivity contribution in [3.05, 3.63) is 11.1 Å². The van der Waals surface area contributed by atoms with E-state index in [1.807, 2.05) is 0 Å². The second-order valence-electron chi connectivity index (χ2n) is 2.90. The number of carbonyl (C=O) groups is 1. The number of allylic oxidation sites excluding steroid dienone is 2. The molecule has 0 saturated heterocycles. The fraction of sp³-hybridized carbons (Fsp3) is 0.667. The average Bonchev–Trinajstić information content (AvgIpc) is 1.97. The van der Waals surface area contributed by atoms with E-state index >= 15 is 0 Å². The summed E-state index contributed by atoms with van der Waals surface area (Å²) >= 11 is 0. The second-order valence-corrected chi connectivity index (χ2v) is 2.90. The van der Waals surface area contributed by atoms with Gasteiger partial charge in [-0.15, -0.1) is 0 Å². The number of hydrogen-bond acceptors (Lipinski definition) is 1. The van der Waals surface area contributed by atoms with E-state index in [9.17, 15) is 0 Å². The van der Waals surface area contributed by atoms with Crippen LogP contribution in [0.15, 0.2) is 11.1 Å². The molecule has 0 bridgehead atoms. The highest BCUT2D eigenvalue weighted by atomic mass is 16.1. The Morgan fingerprint density at radius 1 is 1.18 bits per heavy atom. The molecule has 64 valence electrons. The third-order valence-corrected chi connectivity index (χ3v) is 2.08. The molecule has 11 heavy (non-hydrogen) atoms. The third kappa shape index (κ3) is 4.59. The van der Waals surface area contributed by atoms with Crippen LogP contribution >= 0.6 is 0 Å². The summed E-state index contributed by atoms with van der Waals surface area (Å²) in [5.74, 6) is 0. The minimum Gasteiger partial charge on any atom is -0.372 e. The second kappa shape index (κ2) is 5.96. The van der Waals surface area contributed by atoms with E-state index in [0.29, 0.717) is 0 Å². The fourth-order valence-corrected chi connectivity index (χ4v) is 1.21.